The summed E-state index contributed by atoms with van der Waals surface area (Å²) in [5, 5.41) is 0. The second-order valence-electron chi connectivity index (χ2n) is 2.50. The van der Waals surface area contributed by atoms with E-state index in [1.807, 2.05) is 0 Å². The molecule has 86 valence electrons. The third-order valence-electron chi connectivity index (χ3n) is 1.02. The van der Waals surface area contributed by atoms with Crippen LogP contribution in [0.1, 0.15) is 0 Å². The SMILES string of the molecule is C=CC(=O)OCOP(=O)(O)OC[N+](=C)C. The van der Waals surface area contributed by atoms with Crippen molar-refractivity contribution in [2.24, 2.45) is 0 Å². The van der Waals surface area contributed by atoms with Crippen LogP contribution < -0.4 is 0 Å². The van der Waals surface area contributed by atoms with Crippen LogP contribution in [0.2, 0.25) is 0 Å². The van der Waals surface area contributed by atoms with Gasteiger partial charge in [-0.05, 0) is 0 Å². The summed E-state index contributed by atoms with van der Waals surface area (Å²) < 4.78 is 25.4. The van der Waals surface area contributed by atoms with Crippen molar-refractivity contribution in [1.29, 1.82) is 0 Å². The molecule has 0 aliphatic carbocycles. The van der Waals surface area contributed by atoms with Gasteiger partial charge in [-0.3, -0.25) is 0 Å². The van der Waals surface area contributed by atoms with Crippen LogP contribution in [0.4, 0.5) is 0 Å². The fraction of sp³-hybridized carbons (Fsp3) is 0.429. The van der Waals surface area contributed by atoms with Gasteiger partial charge < -0.3 is 9.63 Å². The summed E-state index contributed by atoms with van der Waals surface area (Å²) >= 11 is 0. The Morgan fingerprint density at radius 2 is 2.20 bits per heavy atom. The lowest BCUT2D eigenvalue weighted by atomic mass is 10.7. The molecule has 0 saturated carbocycles. The fourth-order valence-electron chi connectivity index (χ4n) is 0.419. The van der Waals surface area contributed by atoms with E-state index in [2.05, 4.69) is 27.1 Å². The third kappa shape index (κ3) is 8.02. The summed E-state index contributed by atoms with van der Waals surface area (Å²) in [5.74, 6) is -0.760. The van der Waals surface area contributed by atoms with Crippen molar-refractivity contribution >= 4 is 20.5 Å². The predicted octanol–water partition coefficient (Wildman–Crippen LogP) is 0.107. The molecule has 8 heteroatoms. The van der Waals surface area contributed by atoms with Gasteiger partial charge in [-0.25, -0.2) is 23.0 Å². The minimum Gasteiger partial charge on any atom is -0.435 e. The van der Waals surface area contributed by atoms with Gasteiger partial charge in [0, 0.05) is 6.08 Å². The standard InChI is InChI=1S/C7H12NO6P/c1-4-7(9)12-6-14-15(10,11)13-5-8(2)3/h4H,1-2,5-6H2,3H3/p+1. The molecule has 0 aliphatic rings. The Bertz CT molecular complexity index is 302. The Balaban J connectivity index is 3.83. The molecular formula is C7H13NO6P+. The van der Waals surface area contributed by atoms with Gasteiger partial charge >= 0.3 is 13.8 Å². The Labute approximate surface area is 87.2 Å². The molecule has 7 nitrogen and oxygen atoms in total. The van der Waals surface area contributed by atoms with Gasteiger partial charge in [0.2, 0.25) is 6.79 Å². The van der Waals surface area contributed by atoms with Crippen molar-refractivity contribution in [3.63, 3.8) is 0 Å². The third-order valence-corrected chi connectivity index (χ3v) is 1.90. The molecule has 0 heterocycles. The number of hydrogen-bond donors (Lipinski definition) is 1. The molecule has 0 aliphatic heterocycles. The molecule has 0 spiro atoms. The zero-order valence-electron chi connectivity index (χ0n) is 8.29. The molecular weight excluding hydrogens is 225 g/mol. The van der Waals surface area contributed by atoms with E-state index in [0.717, 1.165) is 6.08 Å². The molecule has 1 unspecified atom stereocenters. The van der Waals surface area contributed by atoms with Gasteiger partial charge in [-0.15, -0.1) is 0 Å². The predicted molar refractivity (Wildman–Crippen MR) is 51.3 cm³/mol. The molecule has 1 N–H and O–H groups in total. The summed E-state index contributed by atoms with van der Waals surface area (Å²) in [7, 11) is -2.67. The molecule has 0 bridgehead atoms. The lowest BCUT2D eigenvalue weighted by Crippen LogP contribution is -2.10. The van der Waals surface area contributed by atoms with Crippen LogP contribution >= 0.6 is 7.82 Å². The molecule has 0 fully saturated rings. The molecule has 15 heavy (non-hydrogen) atoms. The highest BCUT2D eigenvalue weighted by atomic mass is 31.2. The summed E-state index contributed by atoms with van der Waals surface area (Å²) in [5.41, 5.74) is 0. The average molecular weight is 238 g/mol. The Kier molecular flexibility index (Phi) is 6.03. The number of rotatable bonds is 7. The number of phosphoric ester groups is 1. The van der Waals surface area contributed by atoms with Crippen LogP contribution in [0.25, 0.3) is 0 Å². The van der Waals surface area contributed by atoms with Gasteiger partial charge in [-0.2, -0.15) is 0 Å². The molecule has 1 atom stereocenters. The first-order valence-corrected chi connectivity index (χ1v) is 5.29. The van der Waals surface area contributed by atoms with Crippen LogP contribution in [0.3, 0.4) is 0 Å². The van der Waals surface area contributed by atoms with E-state index >= 15 is 0 Å². The van der Waals surface area contributed by atoms with Gasteiger partial charge in [0.1, 0.15) is 13.8 Å². The van der Waals surface area contributed by atoms with Crippen LogP contribution in [0.15, 0.2) is 12.7 Å². The van der Waals surface area contributed by atoms with Gasteiger partial charge in [0.15, 0.2) is 0 Å². The van der Waals surface area contributed by atoms with Crippen LogP contribution in [-0.4, -0.2) is 42.7 Å². The molecule has 0 saturated heterocycles. The number of carbonyl (C=O) groups excluding carboxylic acids is 1. The number of ether oxygens (including phenoxy) is 1. The number of carbonyl (C=O) groups is 1. The number of esters is 1. The Morgan fingerprint density at radius 3 is 2.67 bits per heavy atom. The van der Waals surface area contributed by atoms with Crippen molar-refractivity contribution < 1.29 is 32.6 Å². The van der Waals surface area contributed by atoms with E-state index in [9.17, 15) is 9.36 Å². The highest BCUT2D eigenvalue weighted by molar-refractivity contribution is 7.47. The van der Waals surface area contributed by atoms with Gasteiger partial charge in [-0.1, -0.05) is 6.58 Å². The maximum absolute atomic E-state index is 11.0. The Morgan fingerprint density at radius 1 is 1.60 bits per heavy atom. The average Bonchev–Trinajstić information content (AvgIpc) is 2.14. The molecule has 0 aromatic carbocycles. The molecule has 0 amide bonds. The maximum Gasteiger partial charge on any atom is 0.480 e. The summed E-state index contributed by atoms with van der Waals surface area (Å²) in [6, 6.07) is 0. The van der Waals surface area contributed by atoms with Gasteiger partial charge in [0.25, 0.3) is 6.73 Å². The van der Waals surface area contributed by atoms with E-state index in [1.165, 1.54) is 11.6 Å². The summed E-state index contributed by atoms with van der Waals surface area (Å²) in [6.45, 7) is 5.64. The van der Waals surface area contributed by atoms with Crippen molar-refractivity contribution in [1.82, 2.24) is 0 Å². The monoisotopic (exact) mass is 238 g/mol. The van der Waals surface area contributed by atoms with Crippen molar-refractivity contribution in [2.75, 3.05) is 20.6 Å². The molecule has 0 rings (SSSR count). The zero-order valence-corrected chi connectivity index (χ0v) is 9.18. The first-order valence-electron chi connectivity index (χ1n) is 3.80. The normalized spacial score (nSPS) is 14.0. The zero-order chi connectivity index (χ0) is 11.9. The largest absolute Gasteiger partial charge is 0.480 e. The molecule has 0 aromatic heterocycles. The molecule has 0 aromatic rings. The van der Waals surface area contributed by atoms with Crippen LogP contribution in [0, 0.1) is 0 Å². The van der Waals surface area contributed by atoms with E-state index < -0.39 is 20.6 Å². The lowest BCUT2D eigenvalue weighted by Gasteiger charge is -2.09. The molecule has 0 radical (unpaired) electrons. The van der Waals surface area contributed by atoms with Crippen molar-refractivity contribution in [3.8, 4) is 0 Å². The van der Waals surface area contributed by atoms with Crippen molar-refractivity contribution in [3.05, 3.63) is 12.7 Å². The second kappa shape index (κ2) is 6.47. The Hall–Kier alpha value is -1.01. The van der Waals surface area contributed by atoms with Crippen LogP contribution in [0.5, 0.6) is 0 Å². The topological polar surface area (TPSA) is 85.1 Å². The first-order chi connectivity index (χ1) is 6.87. The van der Waals surface area contributed by atoms with E-state index in [4.69, 9.17) is 4.89 Å². The summed E-state index contributed by atoms with van der Waals surface area (Å²) in [4.78, 5) is 19.5. The fourth-order valence-corrected chi connectivity index (χ4v) is 1.02. The number of nitrogens with zero attached hydrogens (tertiary/aromatic N) is 1. The van der Waals surface area contributed by atoms with Crippen LogP contribution in [-0.2, 0) is 23.1 Å². The smallest absolute Gasteiger partial charge is 0.435 e. The first kappa shape index (κ1) is 14.0. The van der Waals surface area contributed by atoms with E-state index in [-0.39, 0.29) is 6.73 Å². The number of phosphoric acid groups is 1. The quantitative estimate of drug-likeness (QED) is 0.169. The number of hydrogen-bond acceptors (Lipinski definition) is 5. The lowest BCUT2D eigenvalue weighted by molar-refractivity contribution is -0.523. The summed E-state index contributed by atoms with van der Waals surface area (Å²) in [6.07, 6.45) is 0.899. The van der Waals surface area contributed by atoms with Gasteiger partial charge in [0.05, 0.1) is 0 Å². The highest BCUT2D eigenvalue weighted by Crippen LogP contribution is 2.42. The maximum atomic E-state index is 11.0. The minimum atomic E-state index is -4.21. The van der Waals surface area contributed by atoms with E-state index in [0.29, 0.717) is 0 Å². The minimum absolute atomic E-state index is 0.191. The second-order valence-corrected chi connectivity index (χ2v) is 3.95. The van der Waals surface area contributed by atoms with Crippen molar-refractivity contribution in [2.45, 2.75) is 0 Å². The van der Waals surface area contributed by atoms with E-state index in [1.54, 1.807) is 0 Å². The highest BCUT2D eigenvalue weighted by Gasteiger charge is 2.23.